The van der Waals surface area contributed by atoms with E-state index in [2.05, 4.69) is 4.90 Å². The third-order valence-corrected chi connectivity index (χ3v) is 3.66. The van der Waals surface area contributed by atoms with Crippen LogP contribution in [0.1, 0.15) is 53.4 Å². The van der Waals surface area contributed by atoms with Gasteiger partial charge in [-0.25, -0.2) is 0 Å². The standard InChI is InChI=1S/C10H18N2O2.C7H12O2/c1-9(13)3-4-11-5-7-12(8-6-11)10(2)14;1-6(8)4-3-5-7(2)9/h3-8H2,1-2H3;3-5H2,1-2H3. The first-order chi connectivity index (χ1) is 10.7. The summed E-state index contributed by atoms with van der Waals surface area (Å²) in [6.07, 6.45) is 2.42. The third-order valence-electron chi connectivity index (χ3n) is 3.66. The van der Waals surface area contributed by atoms with Crippen LogP contribution < -0.4 is 0 Å². The zero-order valence-corrected chi connectivity index (χ0v) is 14.9. The fraction of sp³-hybridized carbons (Fsp3) is 0.765. The number of Topliss-reactive ketones (excluding diaryl/α,β-unsaturated/α-hetero) is 3. The zero-order chi connectivity index (χ0) is 17.8. The molecule has 0 spiro atoms. The van der Waals surface area contributed by atoms with Gasteiger partial charge in [-0.05, 0) is 27.2 Å². The van der Waals surface area contributed by atoms with Crippen molar-refractivity contribution < 1.29 is 19.2 Å². The molecule has 6 heteroatoms. The van der Waals surface area contributed by atoms with Gasteiger partial charge in [-0.3, -0.25) is 14.5 Å². The van der Waals surface area contributed by atoms with Gasteiger partial charge in [0.15, 0.2) is 0 Å². The SMILES string of the molecule is CC(=O)CCCC(C)=O.CC(=O)CCN1CCN(C(C)=O)CC1. The summed E-state index contributed by atoms with van der Waals surface area (Å²) < 4.78 is 0. The van der Waals surface area contributed by atoms with Crippen molar-refractivity contribution in [2.24, 2.45) is 0 Å². The van der Waals surface area contributed by atoms with Crippen LogP contribution in [-0.2, 0) is 19.2 Å². The molecule has 0 radical (unpaired) electrons. The van der Waals surface area contributed by atoms with E-state index in [4.69, 9.17) is 0 Å². The molecular weight excluding hydrogens is 296 g/mol. The molecule has 0 bridgehead atoms. The van der Waals surface area contributed by atoms with Crippen molar-refractivity contribution in [3.63, 3.8) is 0 Å². The number of ketones is 3. The minimum absolute atomic E-state index is 0.149. The van der Waals surface area contributed by atoms with E-state index in [9.17, 15) is 19.2 Å². The van der Waals surface area contributed by atoms with Crippen molar-refractivity contribution in [3.05, 3.63) is 0 Å². The van der Waals surface area contributed by atoms with Crippen molar-refractivity contribution in [1.82, 2.24) is 9.80 Å². The molecule has 1 aliphatic heterocycles. The fourth-order valence-electron chi connectivity index (χ4n) is 2.19. The normalized spacial score (nSPS) is 14.7. The number of rotatable bonds is 7. The maximum atomic E-state index is 11.0. The second-order valence-electron chi connectivity index (χ2n) is 6.06. The molecule has 6 nitrogen and oxygen atoms in total. The topological polar surface area (TPSA) is 74.8 Å². The first kappa shape index (κ1) is 21.4. The third kappa shape index (κ3) is 12.6. The lowest BCUT2D eigenvalue weighted by molar-refractivity contribution is -0.130. The Balaban J connectivity index is 0.000000468. The molecule has 0 aliphatic carbocycles. The maximum absolute atomic E-state index is 11.0. The van der Waals surface area contributed by atoms with Crippen LogP contribution in [-0.4, -0.2) is 65.8 Å². The number of amides is 1. The van der Waals surface area contributed by atoms with Gasteiger partial charge in [0.2, 0.25) is 5.91 Å². The molecule has 1 saturated heterocycles. The lowest BCUT2D eigenvalue weighted by Crippen LogP contribution is -2.48. The summed E-state index contributed by atoms with van der Waals surface area (Å²) in [5.74, 6) is 0.711. The van der Waals surface area contributed by atoms with Crippen LogP contribution in [0, 0.1) is 0 Å². The van der Waals surface area contributed by atoms with Gasteiger partial charge < -0.3 is 14.5 Å². The average molecular weight is 326 g/mol. The molecule has 1 heterocycles. The van der Waals surface area contributed by atoms with E-state index >= 15 is 0 Å². The molecule has 0 atom stereocenters. The van der Waals surface area contributed by atoms with Gasteiger partial charge >= 0.3 is 0 Å². The van der Waals surface area contributed by atoms with E-state index < -0.39 is 0 Å². The van der Waals surface area contributed by atoms with Crippen LogP contribution >= 0.6 is 0 Å². The van der Waals surface area contributed by atoms with Gasteiger partial charge in [0.25, 0.3) is 0 Å². The molecule has 1 aliphatic rings. The molecule has 0 aromatic heterocycles. The number of nitrogens with zero attached hydrogens (tertiary/aromatic N) is 2. The Morgan fingerprint density at radius 2 is 1.13 bits per heavy atom. The van der Waals surface area contributed by atoms with Gasteiger partial charge in [0, 0.05) is 58.9 Å². The Labute approximate surface area is 139 Å². The molecule has 0 N–H and O–H groups in total. The van der Waals surface area contributed by atoms with Crippen molar-refractivity contribution in [2.45, 2.75) is 53.4 Å². The van der Waals surface area contributed by atoms with Gasteiger partial charge in [0.05, 0.1) is 0 Å². The van der Waals surface area contributed by atoms with E-state index in [1.54, 1.807) is 27.7 Å². The van der Waals surface area contributed by atoms with E-state index in [0.717, 1.165) is 32.7 Å². The highest BCUT2D eigenvalue weighted by molar-refractivity contribution is 5.78. The molecule has 132 valence electrons. The molecule has 0 saturated carbocycles. The van der Waals surface area contributed by atoms with Crippen molar-refractivity contribution in [1.29, 1.82) is 0 Å². The van der Waals surface area contributed by atoms with Crippen LogP contribution in [0.5, 0.6) is 0 Å². The Morgan fingerprint density at radius 3 is 1.48 bits per heavy atom. The summed E-state index contributed by atoms with van der Waals surface area (Å²) in [7, 11) is 0. The van der Waals surface area contributed by atoms with Gasteiger partial charge in [0.1, 0.15) is 17.3 Å². The molecule has 1 fully saturated rings. The molecule has 0 aromatic rings. The van der Waals surface area contributed by atoms with Crippen LogP contribution in [0.25, 0.3) is 0 Å². The van der Waals surface area contributed by atoms with E-state index in [-0.39, 0.29) is 23.3 Å². The van der Waals surface area contributed by atoms with E-state index in [1.165, 1.54) is 0 Å². The Kier molecular flexibility index (Phi) is 11.1. The van der Waals surface area contributed by atoms with Crippen LogP contribution in [0.15, 0.2) is 0 Å². The number of carbonyl (C=O) groups excluding carboxylic acids is 4. The molecule has 0 unspecified atom stereocenters. The van der Waals surface area contributed by atoms with Crippen LogP contribution in [0.4, 0.5) is 0 Å². The zero-order valence-electron chi connectivity index (χ0n) is 14.9. The lowest BCUT2D eigenvalue weighted by Gasteiger charge is -2.33. The smallest absolute Gasteiger partial charge is 0.219 e. The first-order valence-corrected chi connectivity index (χ1v) is 8.18. The summed E-state index contributed by atoms with van der Waals surface area (Å²) in [4.78, 5) is 46.5. The summed E-state index contributed by atoms with van der Waals surface area (Å²) in [5, 5.41) is 0. The van der Waals surface area contributed by atoms with Gasteiger partial charge in [-0.1, -0.05) is 0 Å². The Morgan fingerprint density at radius 1 is 0.696 bits per heavy atom. The van der Waals surface area contributed by atoms with Crippen molar-refractivity contribution in [3.8, 4) is 0 Å². The largest absolute Gasteiger partial charge is 0.340 e. The van der Waals surface area contributed by atoms with Crippen molar-refractivity contribution >= 4 is 23.3 Å². The average Bonchev–Trinajstić information content (AvgIpc) is 2.45. The van der Waals surface area contributed by atoms with Crippen LogP contribution in [0.2, 0.25) is 0 Å². The Hall–Kier alpha value is -1.56. The fourth-order valence-corrected chi connectivity index (χ4v) is 2.19. The summed E-state index contributed by atoms with van der Waals surface area (Å²) >= 11 is 0. The molecule has 1 amide bonds. The molecule has 0 aromatic carbocycles. The minimum Gasteiger partial charge on any atom is -0.340 e. The van der Waals surface area contributed by atoms with Gasteiger partial charge in [-0.15, -0.1) is 0 Å². The predicted octanol–water partition coefficient (Wildman–Crippen LogP) is 1.46. The second kappa shape index (κ2) is 11.9. The lowest BCUT2D eigenvalue weighted by atomic mass is 10.1. The monoisotopic (exact) mass is 326 g/mol. The quantitative estimate of drug-likeness (QED) is 0.708. The predicted molar refractivity (Wildman–Crippen MR) is 89.2 cm³/mol. The highest BCUT2D eigenvalue weighted by Gasteiger charge is 2.17. The summed E-state index contributed by atoms with van der Waals surface area (Å²) in [6.45, 7) is 10.5. The maximum Gasteiger partial charge on any atom is 0.219 e. The van der Waals surface area contributed by atoms with Crippen molar-refractivity contribution in [2.75, 3.05) is 32.7 Å². The second-order valence-corrected chi connectivity index (χ2v) is 6.06. The number of carbonyl (C=O) groups is 4. The minimum atomic E-state index is 0.149. The number of piperazine rings is 1. The molecule has 1 rings (SSSR count). The van der Waals surface area contributed by atoms with Crippen LogP contribution in [0.3, 0.4) is 0 Å². The molecular formula is C17H30N2O4. The van der Waals surface area contributed by atoms with Gasteiger partial charge in [-0.2, -0.15) is 0 Å². The first-order valence-electron chi connectivity index (χ1n) is 8.18. The highest BCUT2D eigenvalue weighted by Crippen LogP contribution is 2.02. The summed E-state index contributed by atoms with van der Waals surface area (Å²) in [5.41, 5.74) is 0. The number of hydrogen-bond acceptors (Lipinski definition) is 5. The molecule has 23 heavy (non-hydrogen) atoms. The highest BCUT2D eigenvalue weighted by atomic mass is 16.2. The van der Waals surface area contributed by atoms with E-state index in [1.807, 2.05) is 4.90 Å². The Bertz CT molecular complexity index is 399. The summed E-state index contributed by atoms with van der Waals surface area (Å²) in [6, 6.07) is 0. The number of hydrogen-bond donors (Lipinski definition) is 0. The van der Waals surface area contributed by atoms with E-state index in [0.29, 0.717) is 25.7 Å².